The average Bonchev–Trinajstić information content (AvgIpc) is 2.86. The van der Waals surface area contributed by atoms with Crippen molar-refractivity contribution in [3.63, 3.8) is 0 Å². The van der Waals surface area contributed by atoms with E-state index in [2.05, 4.69) is 68.4 Å². The van der Waals surface area contributed by atoms with E-state index in [1.54, 1.807) is 6.33 Å². The molecule has 1 aliphatic rings. The first-order valence-corrected chi connectivity index (χ1v) is 11.4. The number of anilines is 2. The van der Waals surface area contributed by atoms with Crippen LogP contribution in [0.25, 0.3) is 21.7 Å². The molecule has 2 heterocycles. The molecule has 0 amide bonds. The molecule has 6 heteroatoms. The number of hydrogen-bond donors (Lipinski definition) is 3. The molecule has 32 heavy (non-hydrogen) atoms. The maximum atomic E-state index is 6.06. The van der Waals surface area contributed by atoms with Crippen LogP contribution in [-0.2, 0) is 0 Å². The fourth-order valence-corrected chi connectivity index (χ4v) is 4.29. The standard InChI is InChI=1S/C26H29N5O/c1-2-6-22-20(4-1)5-3-7-24(22)28-14-15-29-26-23-9-8-21(16-25(23)30-18-31-26)32-17-19-10-12-27-13-11-19/h1-9,16,18-19,27-28H,10-15,17H2,(H,29,30,31). The van der Waals surface area contributed by atoms with E-state index in [4.69, 9.17) is 4.74 Å². The summed E-state index contributed by atoms with van der Waals surface area (Å²) in [4.78, 5) is 8.90. The van der Waals surface area contributed by atoms with Crippen LogP contribution in [-0.4, -0.2) is 42.8 Å². The minimum absolute atomic E-state index is 0.629. The lowest BCUT2D eigenvalue weighted by Crippen LogP contribution is -2.30. The summed E-state index contributed by atoms with van der Waals surface area (Å²) >= 11 is 0. The van der Waals surface area contributed by atoms with Crippen molar-refractivity contribution in [2.75, 3.05) is 43.4 Å². The number of piperidine rings is 1. The summed E-state index contributed by atoms with van der Waals surface area (Å²) in [6.45, 7) is 4.48. The number of ether oxygens (including phenoxy) is 1. The van der Waals surface area contributed by atoms with Gasteiger partial charge in [-0.15, -0.1) is 0 Å². The molecule has 1 fully saturated rings. The lowest BCUT2D eigenvalue weighted by atomic mass is 9.99. The summed E-state index contributed by atoms with van der Waals surface area (Å²) in [6, 6.07) is 20.8. The van der Waals surface area contributed by atoms with Crippen molar-refractivity contribution in [3.8, 4) is 5.75 Å². The van der Waals surface area contributed by atoms with Crippen molar-refractivity contribution >= 4 is 33.2 Å². The third-order valence-electron chi connectivity index (χ3n) is 6.07. The summed E-state index contributed by atoms with van der Waals surface area (Å²) < 4.78 is 6.06. The molecule has 3 N–H and O–H groups in total. The molecule has 3 aromatic carbocycles. The van der Waals surface area contributed by atoms with Crippen LogP contribution in [0.2, 0.25) is 0 Å². The van der Waals surface area contributed by atoms with Crippen molar-refractivity contribution in [2.45, 2.75) is 12.8 Å². The largest absolute Gasteiger partial charge is 0.493 e. The van der Waals surface area contributed by atoms with E-state index in [0.29, 0.717) is 5.92 Å². The van der Waals surface area contributed by atoms with E-state index < -0.39 is 0 Å². The molecule has 164 valence electrons. The lowest BCUT2D eigenvalue weighted by molar-refractivity contribution is 0.215. The third kappa shape index (κ3) is 4.75. The minimum Gasteiger partial charge on any atom is -0.493 e. The highest BCUT2D eigenvalue weighted by atomic mass is 16.5. The van der Waals surface area contributed by atoms with Crippen LogP contribution in [0.15, 0.2) is 67.0 Å². The van der Waals surface area contributed by atoms with E-state index in [1.165, 1.54) is 23.6 Å². The Hall–Kier alpha value is -3.38. The predicted molar refractivity (Wildman–Crippen MR) is 132 cm³/mol. The Labute approximate surface area is 188 Å². The minimum atomic E-state index is 0.629. The molecule has 0 unspecified atom stereocenters. The van der Waals surface area contributed by atoms with Gasteiger partial charge in [0, 0.05) is 35.6 Å². The number of rotatable bonds is 8. The second-order valence-electron chi connectivity index (χ2n) is 8.29. The van der Waals surface area contributed by atoms with Crippen molar-refractivity contribution in [2.24, 2.45) is 5.92 Å². The Morgan fingerprint density at radius 2 is 1.72 bits per heavy atom. The van der Waals surface area contributed by atoms with E-state index in [1.807, 2.05) is 18.2 Å². The number of nitrogens with zero attached hydrogens (tertiary/aromatic N) is 2. The van der Waals surface area contributed by atoms with Crippen LogP contribution in [0.1, 0.15) is 12.8 Å². The van der Waals surface area contributed by atoms with Crippen molar-refractivity contribution in [3.05, 3.63) is 67.0 Å². The second kappa shape index (κ2) is 9.83. The summed E-state index contributed by atoms with van der Waals surface area (Å²) in [7, 11) is 0. The van der Waals surface area contributed by atoms with Gasteiger partial charge in [-0.2, -0.15) is 0 Å². The third-order valence-corrected chi connectivity index (χ3v) is 6.07. The second-order valence-corrected chi connectivity index (χ2v) is 8.29. The molecule has 5 rings (SSSR count). The van der Waals surface area contributed by atoms with Gasteiger partial charge in [0.2, 0.25) is 0 Å². The van der Waals surface area contributed by atoms with Crippen LogP contribution in [0.5, 0.6) is 5.75 Å². The van der Waals surface area contributed by atoms with Gasteiger partial charge in [0.1, 0.15) is 17.9 Å². The van der Waals surface area contributed by atoms with Crippen LogP contribution in [0, 0.1) is 5.92 Å². The fourth-order valence-electron chi connectivity index (χ4n) is 4.29. The van der Waals surface area contributed by atoms with Gasteiger partial charge >= 0.3 is 0 Å². The first-order valence-electron chi connectivity index (χ1n) is 11.4. The van der Waals surface area contributed by atoms with Crippen LogP contribution in [0.3, 0.4) is 0 Å². The normalized spacial score (nSPS) is 14.5. The smallest absolute Gasteiger partial charge is 0.137 e. The fraction of sp³-hybridized carbons (Fsp3) is 0.308. The van der Waals surface area contributed by atoms with Gasteiger partial charge in [-0.1, -0.05) is 36.4 Å². The van der Waals surface area contributed by atoms with Crippen LogP contribution < -0.4 is 20.7 Å². The highest BCUT2D eigenvalue weighted by Gasteiger charge is 2.14. The number of nitrogens with one attached hydrogen (secondary N) is 3. The van der Waals surface area contributed by atoms with E-state index in [-0.39, 0.29) is 0 Å². The Balaban J connectivity index is 1.19. The molecule has 4 aromatic rings. The molecule has 0 bridgehead atoms. The van der Waals surface area contributed by atoms with Gasteiger partial charge in [-0.05, 0) is 55.4 Å². The van der Waals surface area contributed by atoms with Gasteiger partial charge in [0.15, 0.2) is 0 Å². The first-order chi connectivity index (χ1) is 15.9. The lowest BCUT2D eigenvalue weighted by Gasteiger charge is -2.22. The summed E-state index contributed by atoms with van der Waals surface area (Å²) in [5, 5.41) is 13.9. The van der Waals surface area contributed by atoms with Crippen molar-refractivity contribution < 1.29 is 4.74 Å². The van der Waals surface area contributed by atoms with E-state index in [9.17, 15) is 0 Å². The molecule has 0 atom stereocenters. The highest BCUT2D eigenvalue weighted by Crippen LogP contribution is 2.25. The van der Waals surface area contributed by atoms with E-state index >= 15 is 0 Å². The number of benzene rings is 3. The summed E-state index contributed by atoms with van der Waals surface area (Å²) in [6.07, 6.45) is 3.96. The molecule has 0 radical (unpaired) electrons. The van der Waals surface area contributed by atoms with Gasteiger partial charge < -0.3 is 20.7 Å². The zero-order valence-electron chi connectivity index (χ0n) is 18.2. The number of hydrogen-bond acceptors (Lipinski definition) is 6. The van der Waals surface area contributed by atoms with Gasteiger partial charge in [0.05, 0.1) is 12.1 Å². The zero-order chi connectivity index (χ0) is 21.6. The topological polar surface area (TPSA) is 71.1 Å². The molecule has 1 aromatic heterocycles. The zero-order valence-corrected chi connectivity index (χ0v) is 18.2. The molecular weight excluding hydrogens is 398 g/mol. The van der Waals surface area contributed by atoms with Crippen molar-refractivity contribution in [1.29, 1.82) is 0 Å². The molecule has 1 saturated heterocycles. The Kier molecular flexibility index (Phi) is 6.30. The Morgan fingerprint density at radius 3 is 2.66 bits per heavy atom. The summed E-state index contributed by atoms with van der Waals surface area (Å²) in [5.74, 6) is 2.35. The van der Waals surface area contributed by atoms with Gasteiger partial charge in [-0.25, -0.2) is 9.97 Å². The first kappa shape index (κ1) is 20.5. The quantitative estimate of drug-likeness (QED) is 0.355. The Bertz CT molecular complexity index is 1180. The highest BCUT2D eigenvalue weighted by molar-refractivity contribution is 5.94. The predicted octanol–water partition coefficient (Wildman–Crippen LogP) is 4.69. The maximum absolute atomic E-state index is 6.06. The van der Waals surface area contributed by atoms with Crippen LogP contribution in [0.4, 0.5) is 11.5 Å². The number of aromatic nitrogens is 2. The van der Waals surface area contributed by atoms with Crippen molar-refractivity contribution in [1.82, 2.24) is 15.3 Å². The summed E-state index contributed by atoms with van der Waals surface area (Å²) in [5.41, 5.74) is 2.04. The maximum Gasteiger partial charge on any atom is 0.137 e. The van der Waals surface area contributed by atoms with Gasteiger partial charge in [0.25, 0.3) is 0 Å². The monoisotopic (exact) mass is 427 g/mol. The molecule has 0 aliphatic carbocycles. The van der Waals surface area contributed by atoms with E-state index in [0.717, 1.165) is 60.9 Å². The number of fused-ring (bicyclic) bond motifs is 2. The molecule has 0 spiro atoms. The SMILES string of the molecule is c1ccc2c(NCCNc3ncnc4cc(OCC5CCNCC5)ccc34)cccc2c1. The van der Waals surface area contributed by atoms with Gasteiger partial charge in [-0.3, -0.25) is 0 Å². The average molecular weight is 428 g/mol. The Morgan fingerprint density at radius 1 is 0.875 bits per heavy atom. The molecular formula is C26H29N5O. The molecule has 0 saturated carbocycles. The molecule has 6 nitrogen and oxygen atoms in total. The molecule has 1 aliphatic heterocycles. The van der Waals surface area contributed by atoms with Crippen LogP contribution >= 0.6 is 0 Å².